The van der Waals surface area contributed by atoms with Gasteiger partial charge in [-0.1, -0.05) is 35.7 Å². The number of likely N-dealkylation sites (tertiary alicyclic amines) is 1. The van der Waals surface area contributed by atoms with Gasteiger partial charge < -0.3 is 10.6 Å². The Kier molecular flexibility index (Phi) is 6.98. The standard InChI is InChI=1S/C28H28ClN5O/c29-24-6-3-21(4-7-24)23-5-9-25(31-18-23)8-1-20-2-10-27(32-17-20)34-16-13-26(19-34)33-14-11-22(12-15-33)28(30)35/h2-7,9-10,17-18,22,26H,11-16,19H2,(H2,30,35)/t26-/m0/s1. The highest BCUT2D eigenvalue weighted by Gasteiger charge is 2.32. The molecule has 2 aliphatic rings. The van der Waals surface area contributed by atoms with Crippen LogP contribution in [0, 0.1) is 17.8 Å². The van der Waals surface area contributed by atoms with Crippen LogP contribution in [0.3, 0.4) is 0 Å². The molecular weight excluding hydrogens is 458 g/mol. The van der Waals surface area contributed by atoms with Crippen molar-refractivity contribution in [2.45, 2.75) is 25.3 Å². The van der Waals surface area contributed by atoms with Crippen molar-refractivity contribution in [1.82, 2.24) is 14.9 Å². The Balaban J connectivity index is 1.17. The molecule has 0 aliphatic carbocycles. The van der Waals surface area contributed by atoms with Gasteiger partial charge in [0.15, 0.2) is 0 Å². The SMILES string of the molecule is NC(=O)C1CCN([C@H]2CCN(c3ccc(C#Cc4ccc(-c5ccc(Cl)cc5)cn4)cn3)C2)CC1. The first-order valence-electron chi connectivity index (χ1n) is 12.0. The lowest BCUT2D eigenvalue weighted by molar-refractivity contribution is -0.123. The van der Waals surface area contributed by atoms with Crippen LogP contribution >= 0.6 is 11.6 Å². The minimum atomic E-state index is -0.157. The summed E-state index contributed by atoms with van der Waals surface area (Å²) >= 11 is 5.97. The lowest BCUT2D eigenvalue weighted by atomic mass is 9.95. The number of halogens is 1. The van der Waals surface area contributed by atoms with Gasteiger partial charge in [0.2, 0.25) is 5.91 Å². The highest BCUT2D eigenvalue weighted by Crippen LogP contribution is 2.26. The normalized spacial score (nSPS) is 18.8. The molecule has 2 aromatic heterocycles. The Morgan fingerprint density at radius 2 is 1.66 bits per heavy atom. The molecule has 0 saturated carbocycles. The number of rotatable bonds is 4. The van der Waals surface area contributed by atoms with Crippen LogP contribution in [-0.4, -0.2) is 53.0 Å². The predicted molar refractivity (Wildman–Crippen MR) is 139 cm³/mol. The third kappa shape index (κ3) is 5.64. The fraction of sp³-hybridized carbons (Fsp3) is 0.321. The van der Waals surface area contributed by atoms with E-state index in [-0.39, 0.29) is 11.8 Å². The van der Waals surface area contributed by atoms with Crippen LogP contribution in [0.15, 0.2) is 60.9 Å². The number of primary amides is 1. The van der Waals surface area contributed by atoms with Gasteiger partial charge in [0.05, 0.1) is 0 Å². The Bertz CT molecular complexity index is 1220. The van der Waals surface area contributed by atoms with Crippen molar-refractivity contribution >= 4 is 23.3 Å². The van der Waals surface area contributed by atoms with E-state index in [4.69, 9.17) is 17.3 Å². The number of pyridine rings is 2. The molecular formula is C28H28ClN5O. The first-order chi connectivity index (χ1) is 17.0. The van der Waals surface area contributed by atoms with Crippen molar-refractivity contribution in [2.24, 2.45) is 11.7 Å². The lowest BCUT2D eigenvalue weighted by Gasteiger charge is -2.34. The van der Waals surface area contributed by atoms with Crippen LogP contribution in [0.5, 0.6) is 0 Å². The number of piperidine rings is 1. The smallest absolute Gasteiger partial charge is 0.220 e. The lowest BCUT2D eigenvalue weighted by Crippen LogP contribution is -2.45. The fourth-order valence-corrected chi connectivity index (χ4v) is 4.99. The molecule has 0 radical (unpaired) electrons. The maximum atomic E-state index is 11.4. The van der Waals surface area contributed by atoms with E-state index >= 15 is 0 Å². The number of carbonyl (C=O) groups is 1. The van der Waals surface area contributed by atoms with Gasteiger partial charge in [0, 0.05) is 53.6 Å². The summed E-state index contributed by atoms with van der Waals surface area (Å²) in [5.41, 5.74) is 9.15. The van der Waals surface area contributed by atoms with Gasteiger partial charge in [-0.05, 0) is 74.2 Å². The van der Waals surface area contributed by atoms with Gasteiger partial charge in [0.1, 0.15) is 11.5 Å². The molecule has 1 amide bonds. The third-order valence-electron chi connectivity index (χ3n) is 6.96. The summed E-state index contributed by atoms with van der Waals surface area (Å²) in [6.07, 6.45) is 6.51. The molecule has 3 aromatic rings. The molecule has 1 atom stereocenters. The monoisotopic (exact) mass is 485 g/mol. The number of benzene rings is 1. The van der Waals surface area contributed by atoms with Crippen molar-refractivity contribution in [1.29, 1.82) is 0 Å². The zero-order valence-electron chi connectivity index (χ0n) is 19.5. The number of carbonyl (C=O) groups excluding carboxylic acids is 1. The van der Waals surface area contributed by atoms with E-state index in [0.29, 0.717) is 11.7 Å². The van der Waals surface area contributed by atoms with Gasteiger partial charge in [-0.15, -0.1) is 0 Å². The number of anilines is 1. The van der Waals surface area contributed by atoms with Gasteiger partial charge >= 0.3 is 0 Å². The number of hydrogen-bond donors (Lipinski definition) is 1. The van der Waals surface area contributed by atoms with E-state index in [0.717, 1.165) is 73.0 Å². The molecule has 2 fully saturated rings. The summed E-state index contributed by atoms with van der Waals surface area (Å²) in [6, 6.07) is 16.2. The minimum absolute atomic E-state index is 0.0377. The molecule has 6 nitrogen and oxygen atoms in total. The van der Waals surface area contributed by atoms with Gasteiger partial charge in [-0.2, -0.15) is 0 Å². The molecule has 7 heteroatoms. The topological polar surface area (TPSA) is 75.4 Å². The summed E-state index contributed by atoms with van der Waals surface area (Å²) < 4.78 is 0. The van der Waals surface area contributed by atoms with Gasteiger partial charge in [0.25, 0.3) is 0 Å². The Morgan fingerprint density at radius 3 is 2.31 bits per heavy atom. The number of hydrogen-bond acceptors (Lipinski definition) is 5. The number of nitrogens with zero attached hydrogens (tertiary/aromatic N) is 4. The molecule has 5 rings (SSSR count). The average Bonchev–Trinajstić information content (AvgIpc) is 3.39. The average molecular weight is 486 g/mol. The Hall–Kier alpha value is -3.40. The van der Waals surface area contributed by atoms with E-state index < -0.39 is 0 Å². The predicted octanol–water partition coefficient (Wildman–Crippen LogP) is 3.97. The fourth-order valence-electron chi connectivity index (χ4n) is 4.86. The van der Waals surface area contributed by atoms with Crippen LogP contribution in [0.1, 0.15) is 30.5 Å². The van der Waals surface area contributed by atoms with Crippen molar-refractivity contribution in [2.75, 3.05) is 31.1 Å². The third-order valence-corrected chi connectivity index (χ3v) is 7.21. The molecule has 4 heterocycles. The van der Waals surface area contributed by atoms with Gasteiger partial charge in [-0.3, -0.25) is 9.69 Å². The minimum Gasteiger partial charge on any atom is -0.369 e. The van der Waals surface area contributed by atoms with E-state index in [2.05, 4.69) is 31.6 Å². The molecule has 0 unspecified atom stereocenters. The first kappa shape index (κ1) is 23.3. The molecule has 1 aromatic carbocycles. The largest absolute Gasteiger partial charge is 0.369 e. The zero-order chi connectivity index (χ0) is 24.2. The Labute approximate surface area is 211 Å². The van der Waals surface area contributed by atoms with Crippen LogP contribution < -0.4 is 10.6 Å². The van der Waals surface area contributed by atoms with Crippen molar-refractivity contribution < 1.29 is 4.79 Å². The van der Waals surface area contributed by atoms with E-state index in [1.54, 1.807) is 0 Å². The molecule has 0 bridgehead atoms. The quantitative estimate of drug-likeness (QED) is 0.566. The van der Waals surface area contributed by atoms with Crippen molar-refractivity contribution in [3.63, 3.8) is 0 Å². The van der Waals surface area contributed by atoms with Crippen LogP contribution in [0.4, 0.5) is 5.82 Å². The maximum absolute atomic E-state index is 11.4. The number of aromatic nitrogens is 2. The first-order valence-corrected chi connectivity index (χ1v) is 12.4. The summed E-state index contributed by atoms with van der Waals surface area (Å²) in [6.45, 7) is 3.84. The second kappa shape index (κ2) is 10.5. The summed E-state index contributed by atoms with van der Waals surface area (Å²) in [7, 11) is 0. The summed E-state index contributed by atoms with van der Waals surface area (Å²) in [4.78, 5) is 25.4. The van der Waals surface area contributed by atoms with Crippen LogP contribution in [0.2, 0.25) is 5.02 Å². The molecule has 2 aliphatic heterocycles. The Morgan fingerprint density at radius 1 is 0.886 bits per heavy atom. The molecule has 2 saturated heterocycles. The van der Waals surface area contributed by atoms with E-state index in [1.165, 1.54) is 0 Å². The van der Waals surface area contributed by atoms with Crippen molar-refractivity contribution in [3.8, 4) is 23.0 Å². The maximum Gasteiger partial charge on any atom is 0.220 e. The molecule has 2 N–H and O–H groups in total. The van der Waals surface area contributed by atoms with Crippen molar-refractivity contribution in [3.05, 3.63) is 77.2 Å². The summed E-state index contributed by atoms with van der Waals surface area (Å²) in [5, 5.41) is 0.718. The zero-order valence-corrected chi connectivity index (χ0v) is 20.3. The molecule has 178 valence electrons. The molecule has 0 spiro atoms. The van der Waals surface area contributed by atoms with E-state index in [9.17, 15) is 4.79 Å². The van der Waals surface area contributed by atoms with Crippen LogP contribution in [0.25, 0.3) is 11.1 Å². The molecule has 35 heavy (non-hydrogen) atoms. The highest BCUT2D eigenvalue weighted by molar-refractivity contribution is 6.30. The second-order valence-electron chi connectivity index (χ2n) is 9.20. The van der Waals surface area contributed by atoms with E-state index in [1.807, 2.05) is 60.9 Å². The van der Waals surface area contributed by atoms with Crippen LogP contribution in [-0.2, 0) is 4.79 Å². The highest BCUT2D eigenvalue weighted by atomic mass is 35.5. The number of nitrogens with two attached hydrogens (primary N) is 1. The number of amides is 1. The summed E-state index contributed by atoms with van der Waals surface area (Å²) in [5.74, 6) is 7.15. The second-order valence-corrected chi connectivity index (χ2v) is 9.63. The van der Waals surface area contributed by atoms with Gasteiger partial charge in [-0.25, -0.2) is 9.97 Å².